The summed E-state index contributed by atoms with van der Waals surface area (Å²) < 4.78 is 20.0. The van der Waals surface area contributed by atoms with Crippen molar-refractivity contribution in [1.82, 2.24) is 9.80 Å². The van der Waals surface area contributed by atoms with Crippen molar-refractivity contribution in [2.24, 2.45) is 0 Å². The van der Waals surface area contributed by atoms with Crippen LogP contribution in [0.4, 0.5) is 0 Å². The molecule has 0 N–H and O–H groups in total. The molecular weight excluding hydrogens is 352 g/mol. The van der Waals surface area contributed by atoms with Gasteiger partial charge in [-0.1, -0.05) is 0 Å². The van der Waals surface area contributed by atoms with E-state index >= 15 is 0 Å². The Labute approximate surface area is 157 Å². The number of ether oxygens (including phenoxy) is 2. The highest BCUT2D eigenvalue weighted by Crippen LogP contribution is 2.18. The Hall–Kier alpha value is -2.58. The van der Waals surface area contributed by atoms with E-state index in [9.17, 15) is 9.59 Å². The predicted octanol–water partition coefficient (Wildman–Crippen LogP) is 2.15. The lowest BCUT2D eigenvalue weighted by Gasteiger charge is -2.21. The Balaban J connectivity index is 1.58. The Kier molecular flexibility index (Phi) is 6.31. The van der Waals surface area contributed by atoms with Crippen molar-refractivity contribution in [3.05, 3.63) is 47.3 Å². The van der Waals surface area contributed by atoms with E-state index in [-0.39, 0.29) is 11.5 Å². The summed E-state index contributed by atoms with van der Waals surface area (Å²) in [7, 11) is 2.69. The summed E-state index contributed by atoms with van der Waals surface area (Å²) in [6, 6.07) is 3.62. The maximum atomic E-state index is 11.8. The van der Waals surface area contributed by atoms with Crippen molar-refractivity contribution in [3.63, 3.8) is 0 Å². The maximum Gasteiger partial charge on any atom is 0.374 e. The van der Waals surface area contributed by atoms with Crippen molar-refractivity contribution in [1.29, 1.82) is 0 Å². The molecule has 0 spiro atoms. The van der Waals surface area contributed by atoms with E-state index in [1.165, 1.54) is 26.7 Å². The summed E-state index contributed by atoms with van der Waals surface area (Å²) in [4.78, 5) is 28.1. The molecule has 1 fully saturated rings. The van der Waals surface area contributed by atoms with Gasteiger partial charge in [0.25, 0.3) is 0 Å². The molecule has 0 saturated carbocycles. The minimum Gasteiger partial charge on any atom is -0.463 e. The van der Waals surface area contributed by atoms with Gasteiger partial charge in [0.15, 0.2) is 0 Å². The van der Waals surface area contributed by atoms with Gasteiger partial charge in [0.2, 0.25) is 11.5 Å². The van der Waals surface area contributed by atoms with E-state index < -0.39 is 11.9 Å². The summed E-state index contributed by atoms with van der Waals surface area (Å²) in [5.41, 5.74) is 1.66. The van der Waals surface area contributed by atoms with Crippen molar-refractivity contribution < 1.29 is 27.9 Å². The lowest BCUT2D eigenvalue weighted by Crippen LogP contribution is -2.30. The SMILES string of the molecule is COC(=O)c1occc1CN1CCCN(Cc2ccoc2C(=O)OC)CC1. The highest BCUT2D eigenvalue weighted by molar-refractivity contribution is 5.88. The van der Waals surface area contributed by atoms with Crippen LogP contribution in [-0.2, 0) is 22.6 Å². The monoisotopic (exact) mass is 376 g/mol. The number of carbonyl (C=O) groups is 2. The van der Waals surface area contributed by atoms with Gasteiger partial charge >= 0.3 is 11.9 Å². The fourth-order valence-corrected chi connectivity index (χ4v) is 3.29. The molecule has 3 heterocycles. The van der Waals surface area contributed by atoms with Crippen LogP contribution < -0.4 is 0 Å². The summed E-state index contributed by atoms with van der Waals surface area (Å²) in [6.45, 7) is 4.78. The van der Waals surface area contributed by atoms with Crippen LogP contribution in [0.5, 0.6) is 0 Å². The third-order valence-electron chi connectivity index (χ3n) is 4.70. The second-order valence-electron chi connectivity index (χ2n) is 6.44. The van der Waals surface area contributed by atoms with Crippen LogP contribution in [0, 0.1) is 0 Å². The molecular formula is C19H24N2O6. The lowest BCUT2D eigenvalue weighted by atomic mass is 10.2. The number of hydrogen-bond donors (Lipinski definition) is 0. The topological polar surface area (TPSA) is 85.4 Å². The van der Waals surface area contributed by atoms with Gasteiger partial charge in [-0.05, 0) is 31.6 Å². The van der Waals surface area contributed by atoms with Crippen LogP contribution in [0.1, 0.15) is 38.7 Å². The van der Waals surface area contributed by atoms with Crippen molar-refractivity contribution in [2.75, 3.05) is 40.4 Å². The molecule has 0 aromatic carbocycles. The number of carbonyl (C=O) groups excluding carboxylic acids is 2. The number of furan rings is 2. The number of methoxy groups -OCH3 is 2. The van der Waals surface area contributed by atoms with Gasteiger partial charge in [-0.3, -0.25) is 9.80 Å². The minimum absolute atomic E-state index is 0.264. The van der Waals surface area contributed by atoms with Crippen LogP contribution in [0.15, 0.2) is 33.5 Å². The molecule has 0 radical (unpaired) electrons. The first-order chi connectivity index (χ1) is 13.1. The molecule has 0 atom stereocenters. The summed E-state index contributed by atoms with van der Waals surface area (Å²) in [5, 5.41) is 0. The van der Waals surface area contributed by atoms with Crippen molar-refractivity contribution in [3.8, 4) is 0 Å². The quantitative estimate of drug-likeness (QED) is 0.709. The molecule has 2 aromatic rings. The molecule has 1 aliphatic heterocycles. The van der Waals surface area contributed by atoms with E-state index in [1.807, 2.05) is 12.1 Å². The predicted molar refractivity (Wildman–Crippen MR) is 95.3 cm³/mol. The second-order valence-corrected chi connectivity index (χ2v) is 6.44. The number of hydrogen-bond acceptors (Lipinski definition) is 8. The molecule has 27 heavy (non-hydrogen) atoms. The molecule has 146 valence electrons. The molecule has 2 aromatic heterocycles. The van der Waals surface area contributed by atoms with E-state index in [0.717, 1.165) is 43.7 Å². The zero-order valence-electron chi connectivity index (χ0n) is 15.6. The van der Waals surface area contributed by atoms with Gasteiger partial charge in [-0.25, -0.2) is 9.59 Å². The van der Waals surface area contributed by atoms with Crippen LogP contribution in [0.2, 0.25) is 0 Å². The minimum atomic E-state index is -0.457. The molecule has 8 heteroatoms. The molecule has 0 unspecified atom stereocenters. The summed E-state index contributed by atoms with van der Waals surface area (Å²) in [6.07, 6.45) is 4.01. The zero-order valence-corrected chi connectivity index (χ0v) is 15.6. The fourth-order valence-electron chi connectivity index (χ4n) is 3.29. The van der Waals surface area contributed by atoms with Gasteiger partial charge in [0, 0.05) is 37.3 Å². The number of esters is 2. The summed E-state index contributed by atoms with van der Waals surface area (Å²) in [5.74, 6) is -0.386. The lowest BCUT2D eigenvalue weighted by molar-refractivity contribution is 0.0553. The Morgan fingerprint density at radius 1 is 0.852 bits per heavy atom. The largest absolute Gasteiger partial charge is 0.463 e. The Morgan fingerprint density at radius 3 is 1.70 bits per heavy atom. The maximum absolute atomic E-state index is 11.8. The normalized spacial score (nSPS) is 16.1. The third-order valence-corrected chi connectivity index (χ3v) is 4.70. The van der Waals surface area contributed by atoms with Gasteiger partial charge in [0.05, 0.1) is 26.7 Å². The van der Waals surface area contributed by atoms with E-state index in [0.29, 0.717) is 13.1 Å². The van der Waals surface area contributed by atoms with Crippen molar-refractivity contribution >= 4 is 11.9 Å². The van der Waals surface area contributed by atoms with Crippen LogP contribution >= 0.6 is 0 Å². The Morgan fingerprint density at radius 2 is 1.30 bits per heavy atom. The van der Waals surface area contributed by atoms with E-state index in [1.54, 1.807) is 0 Å². The fraction of sp³-hybridized carbons (Fsp3) is 0.474. The first kappa shape index (κ1) is 19.2. The first-order valence-corrected chi connectivity index (χ1v) is 8.86. The van der Waals surface area contributed by atoms with Crippen LogP contribution in [0.25, 0.3) is 0 Å². The summed E-state index contributed by atoms with van der Waals surface area (Å²) >= 11 is 0. The Bertz CT molecular complexity index is 717. The molecule has 8 nitrogen and oxygen atoms in total. The third kappa shape index (κ3) is 4.58. The average Bonchev–Trinajstić information content (AvgIpc) is 3.27. The molecule has 1 saturated heterocycles. The average molecular weight is 376 g/mol. The standard InChI is InChI=1S/C19H24N2O6/c1-24-18(22)16-14(4-10-26-16)12-20-6-3-7-21(9-8-20)13-15-5-11-27-17(15)19(23)25-2/h4-5,10-11H,3,6-9,12-13H2,1-2H3. The van der Waals surface area contributed by atoms with E-state index in [2.05, 4.69) is 9.80 Å². The van der Waals surface area contributed by atoms with Gasteiger partial charge in [-0.2, -0.15) is 0 Å². The molecule has 1 aliphatic rings. The molecule has 0 amide bonds. The second kappa shape index (κ2) is 8.88. The molecule has 0 bridgehead atoms. The highest BCUT2D eigenvalue weighted by atomic mass is 16.5. The van der Waals surface area contributed by atoms with Gasteiger partial charge in [-0.15, -0.1) is 0 Å². The van der Waals surface area contributed by atoms with Crippen LogP contribution in [0.3, 0.4) is 0 Å². The highest BCUT2D eigenvalue weighted by Gasteiger charge is 2.22. The smallest absolute Gasteiger partial charge is 0.374 e. The first-order valence-electron chi connectivity index (χ1n) is 8.86. The van der Waals surface area contributed by atoms with Crippen molar-refractivity contribution in [2.45, 2.75) is 19.5 Å². The van der Waals surface area contributed by atoms with Crippen LogP contribution in [-0.4, -0.2) is 62.1 Å². The molecule has 3 rings (SSSR count). The van der Waals surface area contributed by atoms with E-state index in [4.69, 9.17) is 18.3 Å². The number of rotatable bonds is 6. The molecule has 0 aliphatic carbocycles. The zero-order chi connectivity index (χ0) is 19.2. The number of nitrogens with zero attached hydrogens (tertiary/aromatic N) is 2. The van der Waals surface area contributed by atoms with Gasteiger partial charge in [0.1, 0.15) is 0 Å². The van der Waals surface area contributed by atoms with Gasteiger partial charge < -0.3 is 18.3 Å².